The number of aliphatic hydroxyl groups excluding tert-OH is 1. The Morgan fingerprint density at radius 3 is 2.94 bits per heavy atom. The van der Waals surface area contributed by atoms with E-state index in [-0.39, 0.29) is 6.61 Å². The first-order chi connectivity index (χ1) is 7.65. The van der Waals surface area contributed by atoms with E-state index >= 15 is 0 Å². The third kappa shape index (κ3) is 1.63. The Morgan fingerprint density at radius 1 is 1.50 bits per heavy atom. The number of nitrogens with zero attached hydrogens (tertiary/aromatic N) is 2. The van der Waals surface area contributed by atoms with Gasteiger partial charge in [-0.05, 0) is 20.3 Å². The summed E-state index contributed by atoms with van der Waals surface area (Å²) in [7, 11) is 0. The molecule has 0 aliphatic carbocycles. The number of hydrogen-bond donors (Lipinski definition) is 2. The van der Waals surface area contributed by atoms with Crippen LogP contribution in [0, 0.1) is 19.3 Å². The molecule has 2 aromatic heterocycles. The largest absolute Gasteiger partial charge is 0.443 e. The third-order valence-electron chi connectivity index (χ3n) is 2.76. The fourth-order valence-electron chi connectivity index (χ4n) is 1.71. The molecule has 0 aliphatic rings. The van der Waals surface area contributed by atoms with E-state index in [1.807, 2.05) is 13.8 Å². The van der Waals surface area contributed by atoms with Crippen molar-refractivity contribution in [3.63, 3.8) is 0 Å². The minimum absolute atomic E-state index is 0.119. The Morgan fingerprint density at radius 2 is 2.25 bits per heavy atom. The maximum absolute atomic E-state index is 8.78. The number of aliphatic hydroxyl groups is 1. The van der Waals surface area contributed by atoms with Gasteiger partial charge in [-0.2, -0.15) is 0 Å². The normalized spacial score (nSPS) is 11.2. The number of fused-ring (bicyclic) bond motifs is 1. The zero-order valence-electron chi connectivity index (χ0n) is 9.45. The standard InChI is InChI=1S/C11H15N3O2/c1-7-8(2)16-11-9(7)10(12)14(6-13-11)4-3-5-15/h6,12,15H,3-5H2,1-2H3. The van der Waals surface area contributed by atoms with Crippen LogP contribution >= 0.6 is 0 Å². The van der Waals surface area contributed by atoms with Crippen molar-refractivity contribution in [1.82, 2.24) is 9.55 Å². The quantitative estimate of drug-likeness (QED) is 0.815. The van der Waals surface area contributed by atoms with Gasteiger partial charge in [-0.25, -0.2) is 4.98 Å². The lowest BCUT2D eigenvalue weighted by molar-refractivity contribution is 0.278. The smallest absolute Gasteiger partial charge is 0.231 e. The lowest BCUT2D eigenvalue weighted by atomic mass is 10.2. The van der Waals surface area contributed by atoms with E-state index in [1.54, 1.807) is 10.9 Å². The van der Waals surface area contributed by atoms with Crippen molar-refractivity contribution in [2.45, 2.75) is 26.8 Å². The molecule has 0 radical (unpaired) electrons. The zero-order chi connectivity index (χ0) is 11.7. The molecule has 2 N–H and O–H groups in total. The second-order valence-electron chi connectivity index (χ2n) is 3.83. The highest BCUT2D eigenvalue weighted by molar-refractivity contribution is 5.76. The van der Waals surface area contributed by atoms with Crippen molar-refractivity contribution in [3.05, 3.63) is 23.1 Å². The Hall–Kier alpha value is -1.62. The van der Waals surface area contributed by atoms with Crippen LogP contribution in [0.1, 0.15) is 17.7 Å². The summed E-state index contributed by atoms with van der Waals surface area (Å²) in [5.41, 5.74) is 1.87. The maximum atomic E-state index is 8.78. The van der Waals surface area contributed by atoms with Crippen molar-refractivity contribution in [1.29, 1.82) is 5.41 Å². The highest BCUT2D eigenvalue weighted by Crippen LogP contribution is 2.18. The average Bonchev–Trinajstić information content (AvgIpc) is 2.55. The summed E-state index contributed by atoms with van der Waals surface area (Å²) in [5.74, 6) is 0.802. The van der Waals surface area contributed by atoms with Crippen molar-refractivity contribution < 1.29 is 9.52 Å². The molecular weight excluding hydrogens is 206 g/mol. The lowest BCUT2D eigenvalue weighted by Crippen LogP contribution is -2.21. The first kappa shape index (κ1) is 10.9. The first-order valence-electron chi connectivity index (χ1n) is 5.25. The Bertz CT molecular complexity index is 568. The van der Waals surface area contributed by atoms with Gasteiger partial charge in [0.1, 0.15) is 17.6 Å². The molecule has 16 heavy (non-hydrogen) atoms. The van der Waals surface area contributed by atoms with Gasteiger partial charge >= 0.3 is 0 Å². The summed E-state index contributed by atoms with van der Waals surface area (Å²) in [6, 6.07) is 0. The average molecular weight is 221 g/mol. The van der Waals surface area contributed by atoms with E-state index in [1.165, 1.54) is 0 Å². The van der Waals surface area contributed by atoms with E-state index in [0.29, 0.717) is 24.2 Å². The minimum atomic E-state index is 0.119. The molecule has 0 aliphatic heterocycles. The number of nitrogens with one attached hydrogen (secondary N) is 1. The maximum Gasteiger partial charge on any atom is 0.231 e. The molecule has 0 amide bonds. The summed E-state index contributed by atoms with van der Waals surface area (Å²) >= 11 is 0. The first-order valence-corrected chi connectivity index (χ1v) is 5.25. The van der Waals surface area contributed by atoms with E-state index in [9.17, 15) is 0 Å². The number of rotatable bonds is 3. The molecule has 0 fully saturated rings. The molecule has 2 aromatic rings. The van der Waals surface area contributed by atoms with E-state index < -0.39 is 0 Å². The monoisotopic (exact) mass is 221 g/mol. The summed E-state index contributed by atoms with van der Waals surface area (Å²) in [5, 5.41) is 17.6. The number of aryl methyl sites for hydroxylation is 3. The van der Waals surface area contributed by atoms with Crippen LogP contribution in [0.25, 0.3) is 11.1 Å². The SMILES string of the molecule is Cc1oc2ncn(CCCO)c(=N)c2c1C. The molecule has 86 valence electrons. The summed E-state index contributed by atoms with van der Waals surface area (Å²) in [6.07, 6.45) is 2.21. The molecule has 0 spiro atoms. The van der Waals surface area contributed by atoms with Gasteiger partial charge in [-0.3, -0.25) is 5.41 Å². The highest BCUT2D eigenvalue weighted by atomic mass is 16.3. The predicted octanol–water partition coefficient (Wildman–Crippen LogP) is 1.11. The Balaban J connectivity index is 2.59. The van der Waals surface area contributed by atoms with Gasteiger partial charge in [0.05, 0.1) is 5.39 Å². The molecule has 5 heteroatoms. The molecule has 5 nitrogen and oxygen atoms in total. The molecule has 0 unspecified atom stereocenters. The Labute approximate surface area is 92.9 Å². The van der Waals surface area contributed by atoms with Crippen LogP contribution in [-0.4, -0.2) is 21.3 Å². The Kier molecular flexibility index (Phi) is 2.78. The van der Waals surface area contributed by atoms with Crippen LogP contribution in [0.3, 0.4) is 0 Å². The van der Waals surface area contributed by atoms with E-state index in [0.717, 1.165) is 16.7 Å². The van der Waals surface area contributed by atoms with Gasteiger partial charge in [-0.1, -0.05) is 0 Å². The molecule has 0 bridgehead atoms. The topological polar surface area (TPSA) is 75.0 Å². The summed E-state index contributed by atoms with van der Waals surface area (Å²) in [6.45, 7) is 4.52. The fraction of sp³-hybridized carbons (Fsp3) is 0.455. The van der Waals surface area contributed by atoms with E-state index in [2.05, 4.69) is 4.98 Å². The molecule has 2 rings (SSSR count). The van der Waals surface area contributed by atoms with Crippen molar-refractivity contribution >= 4 is 11.1 Å². The van der Waals surface area contributed by atoms with Crippen molar-refractivity contribution in [2.75, 3.05) is 6.61 Å². The van der Waals surface area contributed by atoms with Gasteiger partial charge in [0, 0.05) is 18.7 Å². The number of furan rings is 1. The van der Waals surface area contributed by atoms with Gasteiger partial charge in [-0.15, -0.1) is 0 Å². The molecule has 0 aromatic carbocycles. The fourth-order valence-corrected chi connectivity index (χ4v) is 1.71. The summed E-state index contributed by atoms with van der Waals surface area (Å²) < 4.78 is 7.17. The second kappa shape index (κ2) is 4.09. The molecule has 0 saturated heterocycles. The van der Waals surface area contributed by atoms with Crippen molar-refractivity contribution in [3.8, 4) is 0 Å². The van der Waals surface area contributed by atoms with Crippen LogP contribution in [-0.2, 0) is 6.54 Å². The molecule has 0 atom stereocenters. The molecular formula is C11H15N3O2. The predicted molar refractivity (Wildman–Crippen MR) is 59.0 cm³/mol. The van der Waals surface area contributed by atoms with Crippen LogP contribution < -0.4 is 5.49 Å². The molecule has 0 saturated carbocycles. The lowest BCUT2D eigenvalue weighted by Gasteiger charge is -2.04. The number of aromatic nitrogens is 2. The van der Waals surface area contributed by atoms with Crippen molar-refractivity contribution in [2.24, 2.45) is 0 Å². The molecule has 2 heterocycles. The van der Waals surface area contributed by atoms with Gasteiger partial charge < -0.3 is 14.1 Å². The van der Waals surface area contributed by atoms with Crippen LogP contribution in [0.4, 0.5) is 0 Å². The van der Waals surface area contributed by atoms with Gasteiger partial charge in [0.2, 0.25) is 5.71 Å². The van der Waals surface area contributed by atoms with Gasteiger partial charge in [0.15, 0.2) is 0 Å². The van der Waals surface area contributed by atoms with Crippen LogP contribution in [0.15, 0.2) is 10.7 Å². The van der Waals surface area contributed by atoms with Crippen LogP contribution in [0.2, 0.25) is 0 Å². The zero-order valence-corrected chi connectivity index (χ0v) is 9.45. The van der Waals surface area contributed by atoms with E-state index in [4.69, 9.17) is 14.9 Å². The summed E-state index contributed by atoms with van der Waals surface area (Å²) in [4.78, 5) is 4.17. The number of hydrogen-bond acceptors (Lipinski definition) is 4. The second-order valence-corrected chi connectivity index (χ2v) is 3.83. The highest BCUT2D eigenvalue weighted by Gasteiger charge is 2.11. The van der Waals surface area contributed by atoms with Crippen LogP contribution in [0.5, 0.6) is 0 Å². The third-order valence-corrected chi connectivity index (χ3v) is 2.76. The van der Waals surface area contributed by atoms with Gasteiger partial charge in [0.25, 0.3) is 0 Å². The minimum Gasteiger partial charge on any atom is -0.443 e.